The summed E-state index contributed by atoms with van der Waals surface area (Å²) in [6, 6.07) is 4.62. The van der Waals surface area contributed by atoms with Crippen molar-refractivity contribution in [3.63, 3.8) is 0 Å². The molecule has 1 heterocycles. The summed E-state index contributed by atoms with van der Waals surface area (Å²) in [5.41, 5.74) is 16.9. The minimum atomic E-state index is -4.48. The van der Waals surface area contributed by atoms with E-state index in [0.29, 0.717) is 5.52 Å². The summed E-state index contributed by atoms with van der Waals surface area (Å²) < 4.78 is 38.7. The summed E-state index contributed by atoms with van der Waals surface area (Å²) in [6.07, 6.45) is 0.271. The molecule has 0 bridgehead atoms. The van der Waals surface area contributed by atoms with E-state index in [2.05, 4.69) is 9.98 Å². The Morgan fingerprint density at radius 1 is 1.20 bits per heavy atom. The van der Waals surface area contributed by atoms with Crippen LogP contribution in [0.2, 0.25) is 0 Å². The highest BCUT2D eigenvalue weighted by Gasteiger charge is 2.30. The molecule has 1 aromatic carbocycles. The zero-order valence-electron chi connectivity index (χ0n) is 12.9. The molecule has 0 atom stereocenters. The molecule has 6 nitrogen and oxygen atoms in total. The lowest BCUT2D eigenvalue weighted by atomic mass is 10.1. The van der Waals surface area contributed by atoms with E-state index in [0.717, 1.165) is 24.5 Å². The van der Waals surface area contributed by atoms with Gasteiger partial charge in [-0.05, 0) is 24.3 Å². The number of nitrogens with one attached hydrogen (secondary N) is 1. The van der Waals surface area contributed by atoms with Crippen molar-refractivity contribution in [2.75, 3.05) is 0 Å². The van der Waals surface area contributed by atoms with Crippen molar-refractivity contribution >= 4 is 28.6 Å². The highest BCUT2D eigenvalue weighted by molar-refractivity contribution is 6.00. The molecule has 0 saturated heterocycles. The van der Waals surface area contributed by atoms with Crippen molar-refractivity contribution < 1.29 is 13.2 Å². The van der Waals surface area contributed by atoms with Gasteiger partial charge in [0.25, 0.3) is 0 Å². The number of benzene rings is 1. The van der Waals surface area contributed by atoms with Crippen LogP contribution in [-0.4, -0.2) is 17.0 Å². The molecular weight excluding hydrogens is 333 g/mol. The van der Waals surface area contributed by atoms with Gasteiger partial charge in [-0.15, -0.1) is 0 Å². The molecule has 0 radical (unpaired) electrons. The quantitative estimate of drug-likeness (QED) is 0.385. The molecule has 2 aromatic rings. The molecular formula is C16H15F3N6. The number of aliphatic imine (C=N–C) groups is 1. The lowest BCUT2D eigenvalue weighted by molar-refractivity contribution is -0.137. The predicted octanol–water partition coefficient (Wildman–Crippen LogP) is 2.58. The maximum atomic E-state index is 12.9. The molecule has 0 amide bonds. The average molecular weight is 348 g/mol. The first kappa shape index (κ1) is 18.0. The highest BCUT2D eigenvalue weighted by atomic mass is 19.4. The molecule has 25 heavy (non-hydrogen) atoms. The summed E-state index contributed by atoms with van der Waals surface area (Å²) in [4.78, 5) is 8.10. The second-order valence-corrected chi connectivity index (χ2v) is 4.96. The van der Waals surface area contributed by atoms with Gasteiger partial charge in [-0.1, -0.05) is 0 Å². The molecule has 7 N–H and O–H groups in total. The normalized spacial score (nSPS) is 14.0. The number of halogens is 3. The van der Waals surface area contributed by atoms with Crippen LogP contribution in [0.5, 0.6) is 0 Å². The molecule has 130 valence electrons. The van der Waals surface area contributed by atoms with Crippen LogP contribution in [0.4, 0.5) is 18.9 Å². The summed E-state index contributed by atoms with van der Waals surface area (Å²) in [5.74, 6) is -0.0522. The van der Waals surface area contributed by atoms with E-state index >= 15 is 0 Å². The van der Waals surface area contributed by atoms with E-state index < -0.39 is 11.7 Å². The topological polar surface area (TPSA) is 127 Å². The molecule has 0 unspecified atom stereocenters. The fourth-order valence-electron chi connectivity index (χ4n) is 2.05. The Balaban J connectivity index is 2.53. The minimum absolute atomic E-state index is 0.0522. The number of aromatic nitrogens is 1. The molecule has 0 aliphatic carbocycles. The smallest absolute Gasteiger partial charge is 0.404 e. The van der Waals surface area contributed by atoms with Gasteiger partial charge in [0.1, 0.15) is 5.84 Å². The van der Waals surface area contributed by atoms with Crippen molar-refractivity contribution in [2.45, 2.75) is 6.18 Å². The van der Waals surface area contributed by atoms with Crippen molar-refractivity contribution in [1.82, 2.24) is 4.98 Å². The van der Waals surface area contributed by atoms with Gasteiger partial charge in [0, 0.05) is 41.3 Å². The van der Waals surface area contributed by atoms with Gasteiger partial charge >= 0.3 is 6.18 Å². The van der Waals surface area contributed by atoms with Crippen LogP contribution in [0, 0.1) is 5.41 Å². The van der Waals surface area contributed by atoms with Gasteiger partial charge in [0.05, 0.1) is 16.8 Å². The molecule has 9 heteroatoms. The third-order valence-corrected chi connectivity index (χ3v) is 3.27. The molecule has 0 spiro atoms. The second kappa shape index (κ2) is 7.04. The fourth-order valence-corrected chi connectivity index (χ4v) is 2.05. The highest BCUT2D eigenvalue weighted by Crippen LogP contribution is 2.33. The van der Waals surface area contributed by atoms with Crippen LogP contribution in [0.1, 0.15) is 5.56 Å². The van der Waals surface area contributed by atoms with E-state index in [1.807, 2.05) is 0 Å². The minimum Gasteiger partial charge on any atom is -0.404 e. The van der Waals surface area contributed by atoms with Gasteiger partial charge in [0.2, 0.25) is 0 Å². The number of nitrogens with two attached hydrogens (primary N) is 3. The van der Waals surface area contributed by atoms with E-state index in [1.165, 1.54) is 24.4 Å². The Kier molecular flexibility index (Phi) is 5.06. The number of rotatable bonds is 4. The predicted molar refractivity (Wildman–Crippen MR) is 91.4 cm³/mol. The van der Waals surface area contributed by atoms with Crippen molar-refractivity contribution in [3.05, 3.63) is 59.6 Å². The third-order valence-electron chi connectivity index (χ3n) is 3.27. The van der Waals surface area contributed by atoms with E-state index in [4.69, 9.17) is 22.6 Å². The number of allylic oxidation sites excluding steroid dienone is 1. The number of hydrogen-bond acceptors (Lipinski definition) is 5. The van der Waals surface area contributed by atoms with Crippen LogP contribution in [-0.2, 0) is 6.18 Å². The Hall–Kier alpha value is -3.36. The Bertz CT molecular complexity index is 896. The van der Waals surface area contributed by atoms with Gasteiger partial charge < -0.3 is 22.6 Å². The van der Waals surface area contributed by atoms with Gasteiger partial charge in [0.15, 0.2) is 0 Å². The number of pyridine rings is 1. The molecule has 2 rings (SSSR count). The standard InChI is InChI=1S/C16H15F3N6/c17-16(18,19)10-1-2-13-11(5-10)14(3-4-24-13)25-15(23)6-12(22)9(7-20)8-21/h1-8,20H,21-22H2,(H2,23,24,25). The first-order valence-electron chi connectivity index (χ1n) is 6.96. The van der Waals surface area contributed by atoms with E-state index in [1.54, 1.807) is 0 Å². The van der Waals surface area contributed by atoms with Gasteiger partial charge in [-0.3, -0.25) is 4.98 Å². The first-order valence-corrected chi connectivity index (χ1v) is 6.96. The zero-order chi connectivity index (χ0) is 18.6. The van der Waals surface area contributed by atoms with Crippen LogP contribution in [0.15, 0.2) is 59.0 Å². The van der Waals surface area contributed by atoms with Gasteiger partial charge in [-0.2, -0.15) is 13.2 Å². The summed E-state index contributed by atoms with van der Waals surface area (Å²) in [5, 5.41) is 7.36. The van der Waals surface area contributed by atoms with Crippen LogP contribution in [0.3, 0.4) is 0 Å². The molecule has 0 aliphatic rings. The molecule has 0 fully saturated rings. The number of alkyl halides is 3. The van der Waals surface area contributed by atoms with Crippen LogP contribution >= 0.6 is 0 Å². The van der Waals surface area contributed by atoms with Gasteiger partial charge in [-0.25, -0.2) is 4.99 Å². The lowest BCUT2D eigenvalue weighted by Gasteiger charge is -2.09. The third kappa shape index (κ3) is 4.14. The summed E-state index contributed by atoms with van der Waals surface area (Å²) >= 11 is 0. The SMILES string of the molecule is N=CC(=CN)C(N)=CC(N)=Nc1ccnc2ccc(C(F)(F)F)cc12. The number of fused-ring (bicyclic) bond motifs is 1. The zero-order valence-corrected chi connectivity index (χ0v) is 12.9. The van der Waals surface area contributed by atoms with Crippen LogP contribution in [0.25, 0.3) is 10.9 Å². The van der Waals surface area contributed by atoms with E-state index in [-0.39, 0.29) is 28.2 Å². The Labute approximate surface area is 141 Å². The molecule has 0 saturated carbocycles. The summed E-state index contributed by atoms with van der Waals surface area (Å²) in [7, 11) is 0. The largest absolute Gasteiger partial charge is 0.416 e. The second-order valence-electron chi connectivity index (χ2n) is 4.96. The molecule has 0 aliphatic heterocycles. The Morgan fingerprint density at radius 2 is 1.92 bits per heavy atom. The Morgan fingerprint density at radius 3 is 2.52 bits per heavy atom. The lowest BCUT2D eigenvalue weighted by Crippen LogP contribution is -2.13. The maximum absolute atomic E-state index is 12.9. The monoisotopic (exact) mass is 348 g/mol. The van der Waals surface area contributed by atoms with Crippen LogP contribution < -0.4 is 17.2 Å². The number of hydrogen-bond donors (Lipinski definition) is 4. The number of amidine groups is 1. The maximum Gasteiger partial charge on any atom is 0.416 e. The average Bonchev–Trinajstić information content (AvgIpc) is 2.55. The summed E-state index contributed by atoms with van der Waals surface area (Å²) in [6.45, 7) is 0. The molecule has 1 aromatic heterocycles. The van der Waals surface area contributed by atoms with Crippen molar-refractivity contribution in [3.8, 4) is 0 Å². The van der Waals surface area contributed by atoms with E-state index in [9.17, 15) is 13.2 Å². The first-order chi connectivity index (χ1) is 11.8. The van der Waals surface area contributed by atoms with Crippen molar-refractivity contribution in [1.29, 1.82) is 5.41 Å². The van der Waals surface area contributed by atoms with Crippen molar-refractivity contribution in [2.24, 2.45) is 22.2 Å². The number of nitrogens with zero attached hydrogens (tertiary/aromatic N) is 2. The fraction of sp³-hybridized carbons (Fsp3) is 0.0625.